The highest BCUT2D eigenvalue weighted by Gasteiger charge is 2.30. The number of halogens is 4. The van der Waals surface area contributed by atoms with Gasteiger partial charge in [-0.3, -0.25) is 4.72 Å². The van der Waals surface area contributed by atoms with Crippen molar-refractivity contribution in [2.24, 2.45) is 0 Å². The van der Waals surface area contributed by atoms with Gasteiger partial charge in [0.2, 0.25) is 10.0 Å². The highest BCUT2D eigenvalue weighted by Crippen LogP contribution is 2.20. The average molecular weight is 412 g/mol. The topological polar surface area (TPSA) is 92.3 Å². The third-order valence-corrected chi connectivity index (χ3v) is 5.82. The van der Waals surface area contributed by atoms with Crippen molar-refractivity contribution in [3.8, 4) is 0 Å². The van der Waals surface area contributed by atoms with Crippen LogP contribution in [-0.2, 0) is 20.0 Å². The van der Waals surface area contributed by atoms with E-state index in [1.807, 2.05) is 0 Å². The first-order valence-electron chi connectivity index (χ1n) is 6.84. The van der Waals surface area contributed by atoms with Gasteiger partial charge in [0.25, 0.3) is 10.0 Å². The molecule has 0 saturated heterocycles. The van der Waals surface area contributed by atoms with Crippen molar-refractivity contribution < 1.29 is 34.4 Å². The maximum Gasteiger partial charge on any atom is 0.402 e. The van der Waals surface area contributed by atoms with E-state index < -0.39 is 43.5 Å². The van der Waals surface area contributed by atoms with Crippen LogP contribution in [0.3, 0.4) is 0 Å². The second kappa shape index (κ2) is 7.21. The summed E-state index contributed by atoms with van der Waals surface area (Å²) in [6, 6.07) is 8.02. The minimum atomic E-state index is -4.71. The van der Waals surface area contributed by atoms with Gasteiger partial charge in [-0.25, -0.2) is 25.9 Å². The Labute approximate surface area is 147 Å². The summed E-state index contributed by atoms with van der Waals surface area (Å²) in [6.07, 6.45) is -4.71. The van der Waals surface area contributed by atoms with Crippen LogP contribution in [0.4, 0.5) is 23.2 Å². The van der Waals surface area contributed by atoms with E-state index in [0.29, 0.717) is 0 Å². The summed E-state index contributed by atoms with van der Waals surface area (Å²) >= 11 is 0. The van der Waals surface area contributed by atoms with E-state index >= 15 is 0 Å². The minimum absolute atomic E-state index is 0.0240. The van der Waals surface area contributed by atoms with Crippen molar-refractivity contribution in [1.82, 2.24) is 4.72 Å². The molecule has 2 aromatic carbocycles. The molecule has 2 aromatic rings. The molecule has 2 rings (SSSR count). The molecule has 0 fully saturated rings. The van der Waals surface area contributed by atoms with Crippen molar-refractivity contribution in [3.05, 3.63) is 54.3 Å². The van der Waals surface area contributed by atoms with Crippen LogP contribution >= 0.6 is 0 Å². The number of alkyl halides is 3. The third-order valence-electron chi connectivity index (χ3n) is 3.00. The monoisotopic (exact) mass is 412 g/mol. The smallest absolute Gasteiger partial charge is 0.280 e. The Balaban J connectivity index is 2.15. The van der Waals surface area contributed by atoms with Gasteiger partial charge in [0.15, 0.2) is 0 Å². The molecule has 0 heterocycles. The molecule has 12 heteroatoms. The molecule has 0 bridgehead atoms. The van der Waals surface area contributed by atoms with Crippen LogP contribution in [-0.4, -0.2) is 29.6 Å². The van der Waals surface area contributed by atoms with Crippen LogP contribution in [0.2, 0.25) is 0 Å². The van der Waals surface area contributed by atoms with Gasteiger partial charge in [-0.05, 0) is 48.5 Å². The Bertz CT molecular complexity index is 971. The summed E-state index contributed by atoms with van der Waals surface area (Å²) in [5, 5.41) is 0. The SMILES string of the molecule is O=S(=O)(NCC(F)(F)F)c1ccc(NS(=O)(=O)c2ccc(F)cc2)cc1. The summed E-state index contributed by atoms with van der Waals surface area (Å²) in [7, 11) is -8.44. The predicted octanol–water partition coefficient (Wildman–Crippen LogP) is 2.47. The molecule has 26 heavy (non-hydrogen) atoms. The lowest BCUT2D eigenvalue weighted by atomic mass is 10.3. The van der Waals surface area contributed by atoms with Crippen LogP contribution in [0.25, 0.3) is 0 Å². The maximum atomic E-state index is 12.8. The molecule has 0 radical (unpaired) electrons. The van der Waals surface area contributed by atoms with E-state index in [-0.39, 0.29) is 10.6 Å². The van der Waals surface area contributed by atoms with E-state index in [0.717, 1.165) is 48.5 Å². The summed E-state index contributed by atoms with van der Waals surface area (Å²) in [5.74, 6) is -0.620. The summed E-state index contributed by atoms with van der Waals surface area (Å²) in [4.78, 5) is -0.686. The second-order valence-electron chi connectivity index (χ2n) is 5.02. The molecular weight excluding hydrogens is 400 g/mol. The van der Waals surface area contributed by atoms with Crippen molar-refractivity contribution in [1.29, 1.82) is 0 Å². The number of benzene rings is 2. The van der Waals surface area contributed by atoms with Gasteiger partial charge in [0.1, 0.15) is 12.4 Å². The lowest BCUT2D eigenvalue weighted by molar-refractivity contribution is -0.121. The lowest BCUT2D eigenvalue weighted by Gasteiger charge is -2.11. The molecule has 0 saturated carbocycles. The molecular formula is C14H12F4N2O4S2. The Morgan fingerprint density at radius 2 is 1.23 bits per heavy atom. The van der Waals surface area contributed by atoms with Crippen LogP contribution in [0, 0.1) is 5.82 Å². The average Bonchev–Trinajstić information content (AvgIpc) is 2.53. The fourth-order valence-electron chi connectivity index (χ4n) is 1.79. The molecule has 0 aromatic heterocycles. The molecule has 0 aliphatic heterocycles. The molecule has 0 atom stereocenters. The fraction of sp³-hybridized carbons (Fsp3) is 0.143. The Morgan fingerprint density at radius 3 is 1.73 bits per heavy atom. The van der Waals surface area contributed by atoms with Crippen LogP contribution in [0.15, 0.2) is 58.3 Å². The Hall–Kier alpha value is -2.18. The minimum Gasteiger partial charge on any atom is -0.280 e. The number of sulfonamides is 2. The summed E-state index contributed by atoms with van der Waals surface area (Å²) in [6.45, 7) is -1.73. The first kappa shape index (κ1) is 20.1. The number of hydrogen-bond acceptors (Lipinski definition) is 4. The van der Waals surface area contributed by atoms with Crippen molar-refractivity contribution >= 4 is 25.7 Å². The standard InChI is InChI=1S/C14H12F4N2O4S2/c15-10-1-5-13(6-2-10)26(23,24)20-11-3-7-12(8-4-11)25(21,22)19-9-14(16,17)18/h1-8,19-20H,9H2. The molecule has 0 unspecified atom stereocenters. The predicted molar refractivity (Wildman–Crippen MR) is 84.9 cm³/mol. The highest BCUT2D eigenvalue weighted by atomic mass is 32.2. The van der Waals surface area contributed by atoms with Crippen molar-refractivity contribution in [2.45, 2.75) is 16.0 Å². The van der Waals surface area contributed by atoms with Crippen LogP contribution < -0.4 is 9.44 Å². The normalized spacial score (nSPS) is 12.8. The van der Waals surface area contributed by atoms with Gasteiger partial charge >= 0.3 is 6.18 Å². The van der Waals surface area contributed by atoms with Gasteiger partial charge < -0.3 is 0 Å². The van der Waals surface area contributed by atoms with Gasteiger partial charge in [0, 0.05) is 5.69 Å². The number of rotatable bonds is 6. The molecule has 0 aliphatic carbocycles. The fourth-order valence-corrected chi connectivity index (χ4v) is 3.86. The zero-order valence-electron chi connectivity index (χ0n) is 12.8. The van der Waals surface area contributed by atoms with Gasteiger partial charge in [0.05, 0.1) is 9.79 Å². The third kappa shape index (κ3) is 5.41. The van der Waals surface area contributed by atoms with Crippen molar-refractivity contribution in [2.75, 3.05) is 11.3 Å². The maximum absolute atomic E-state index is 12.8. The van der Waals surface area contributed by atoms with Gasteiger partial charge in [-0.15, -0.1) is 0 Å². The van der Waals surface area contributed by atoms with Gasteiger partial charge in [-0.1, -0.05) is 0 Å². The van der Waals surface area contributed by atoms with E-state index in [1.54, 1.807) is 0 Å². The van der Waals surface area contributed by atoms with E-state index in [2.05, 4.69) is 4.72 Å². The Kier molecular flexibility index (Phi) is 5.58. The molecule has 6 nitrogen and oxygen atoms in total. The molecule has 0 aliphatic rings. The summed E-state index contributed by atoms with van der Waals surface area (Å²) in [5.41, 5.74) is -0.0240. The number of hydrogen-bond donors (Lipinski definition) is 2. The quantitative estimate of drug-likeness (QED) is 0.713. The highest BCUT2D eigenvalue weighted by molar-refractivity contribution is 7.92. The molecule has 2 N–H and O–H groups in total. The van der Waals surface area contributed by atoms with Crippen LogP contribution in [0.5, 0.6) is 0 Å². The van der Waals surface area contributed by atoms with Gasteiger partial charge in [-0.2, -0.15) is 13.2 Å². The largest absolute Gasteiger partial charge is 0.402 e. The zero-order valence-corrected chi connectivity index (χ0v) is 14.4. The van der Waals surface area contributed by atoms with Crippen LogP contribution in [0.1, 0.15) is 0 Å². The lowest BCUT2D eigenvalue weighted by Crippen LogP contribution is -2.33. The first-order valence-corrected chi connectivity index (χ1v) is 9.81. The van der Waals surface area contributed by atoms with E-state index in [4.69, 9.17) is 0 Å². The van der Waals surface area contributed by atoms with E-state index in [1.165, 1.54) is 4.72 Å². The first-order chi connectivity index (χ1) is 11.9. The number of nitrogens with one attached hydrogen (secondary N) is 2. The Morgan fingerprint density at radius 1 is 0.769 bits per heavy atom. The zero-order chi connectivity index (χ0) is 19.6. The second-order valence-corrected chi connectivity index (χ2v) is 8.47. The molecule has 0 amide bonds. The number of anilines is 1. The molecule has 142 valence electrons. The van der Waals surface area contributed by atoms with Crippen molar-refractivity contribution in [3.63, 3.8) is 0 Å². The van der Waals surface area contributed by atoms with E-state index in [9.17, 15) is 34.4 Å². The summed E-state index contributed by atoms with van der Waals surface area (Å²) < 4.78 is 100. The molecule has 0 spiro atoms.